The third kappa shape index (κ3) is 4.23. The average Bonchev–Trinajstić information content (AvgIpc) is 2.24. The van der Waals surface area contributed by atoms with E-state index in [1.165, 1.54) is 6.07 Å². The zero-order valence-electron chi connectivity index (χ0n) is 9.29. The van der Waals surface area contributed by atoms with Gasteiger partial charge in [-0.1, -0.05) is 12.1 Å². The normalized spacial score (nSPS) is 10.2. The lowest BCUT2D eigenvalue weighted by molar-refractivity contribution is -0.120. The van der Waals surface area contributed by atoms with E-state index in [0.29, 0.717) is 24.3 Å². The molecular weight excluding hydrogens is 225 g/mol. The molecule has 0 saturated carbocycles. The molecule has 4 heteroatoms. The Morgan fingerprint density at radius 1 is 1.50 bits per heavy atom. The average molecular weight is 241 g/mol. The third-order valence-electron chi connectivity index (χ3n) is 2.30. The van der Waals surface area contributed by atoms with Crippen molar-refractivity contribution in [3.05, 3.63) is 35.1 Å². The molecule has 0 aliphatic rings. The zero-order chi connectivity index (χ0) is 12.0. The van der Waals surface area contributed by atoms with Gasteiger partial charge < -0.3 is 5.32 Å². The van der Waals surface area contributed by atoms with Crippen molar-refractivity contribution in [2.24, 2.45) is 0 Å². The monoisotopic (exact) mass is 241 g/mol. The second-order valence-electron chi connectivity index (χ2n) is 3.66. The van der Waals surface area contributed by atoms with Crippen molar-refractivity contribution in [3.63, 3.8) is 0 Å². The summed E-state index contributed by atoms with van der Waals surface area (Å²) in [4.78, 5) is 11.1. The van der Waals surface area contributed by atoms with E-state index in [1.807, 2.05) is 0 Å². The van der Waals surface area contributed by atoms with Crippen LogP contribution in [-0.2, 0) is 11.2 Å². The molecule has 1 N–H and O–H groups in total. The van der Waals surface area contributed by atoms with Gasteiger partial charge in [-0.05, 0) is 36.3 Å². The van der Waals surface area contributed by atoms with Crippen LogP contribution in [0.2, 0.25) is 0 Å². The number of hydrogen-bond acceptors (Lipinski definition) is 2. The molecule has 0 aliphatic carbocycles. The topological polar surface area (TPSA) is 29.1 Å². The summed E-state index contributed by atoms with van der Waals surface area (Å²) in [5.41, 5.74) is 1.67. The molecule has 0 aliphatic heterocycles. The molecule has 1 aromatic carbocycles. The molecule has 88 valence electrons. The van der Waals surface area contributed by atoms with Crippen molar-refractivity contribution < 1.29 is 9.18 Å². The highest BCUT2D eigenvalue weighted by Gasteiger charge is 2.01. The molecule has 0 heterocycles. The van der Waals surface area contributed by atoms with Crippen LogP contribution >= 0.6 is 12.6 Å². The van der Waals surface area contributed by atoms with Crippen LogP contribution in [0.1, 0.15) is 17.5 Å². The van der Waals surface area contributed by atoms with Gasteiger partial charge in [0, 0.05) is 13.0 Å². The van der Waals surface area contributed by atoms with Gasteiger partial charge in [0.2, 0.25) is 5.91 Å². The smallest absolute Gasteiger partial charge is 0.220 e. The number of benzene rings is 1. The Labute approximate surface area is 101 Å². The van der Waals surface area contributed by atoms with Gasteiger partial charge in [-0.3, -0.25) is 4.79 Å². The molecule has 0 bridgehead atoms. The Hall–Kier alpha value is -1.03. The molecule has 0 spiro atoms. The maximum Gasteiger partial charge on any atom is 0.220 e. The van der Waals surface area contributed by atoms with Crippen LogP contribution in [0.15, 0.2) is 18.2 Å². The largest absolute Gasteiger partial charge is 0.356 e. The summed E-state index contributed by atoms with van der Waals surface area (Å²) in [5.74, 6) is 0.373. The molecule has 1 aromatic rings. The lowest BCUT2D eigenvalue weighted by Gasteiger charge is -2.05. The Bertz CT molecular complexity index is 368. The van der Waals surface area contributed by atoms with Gasteiger partial charge in [-0.2, -0.15) is 12.6 Å². The van der Waals surface area contributed by atoms with Gasteiger partial charge in [0.1, 0.15) is 5.82 Å². The van der Waals surface area contributed by atoms with Crippen molar-refractivity contribution in [1.29, 1.82) is 0 Å². The van der Waals surface area contributed by atoms with E-state index >= 15 is 0 Å². The number of hydrogen-bond donors (Lipinski definition) is 2. The Balaban J connectivity index is 2.37. The van der Waals surface area contributed by atoms with Gasteiger partial charge in [-0.25, -0.2) is 4.39 Å². The summed E-state index contributed by atoms with van der Waals surface area (Å²) in [6.45, 7) is 2.32. The van der Waals surface area contributed by atoms with Gasteiger partial charge >= 0.3 is 0 Å². The predicted molar refractivity (Wildman–Crippen MR) is 66.3 cm³/mol. The summed E-state index contributed by atoms with van der Waals surface area (Å²) >= 11 is 3.97. The van der Waals surface area contributed by atoms with Crippen molar-refractivity contribution in [3.8, 4) is 0 Å². The Morgan fingerprint density at radius 2 is 2.25 bits per heavy atom. The third-order valence-corrected chi connectivity index (χ3v) is 2.52. The zero-order valence-corrected chi connectivity index (χ0v) is 10.2. The molecule has 2 nitrogen and oxygen atoms in total. The minimum atomic E-state index is -0.192. The second-order valence-corrected chi connectivity index (χ2v) is 4.10. The molecule has 0 radical (unpaired) electrons. The first-order chi connectivity index (χ1) is 7.63. The molecular formula is C12H16FNOS. The molecule has 16 heavy (non-hydrogen) atoms. The summed E-state index contributed by atoms with van der Waals surface area (Å²) < 4.78 is 13.0. The van der Waals surface area contributed by atoms with E-state index in [0.717, 1.165) is 12.0 Å². The van der Waals surface area contributed by atoms with Gasteiger partial charge in [0.15, 0.2) is 0 Å². The van der Waals surface area contributed by atoms with Crippen LogP contribution in [0.5, 0.6) is 0 Å². The minimum absolute atomic E-state index is 0.00818. The molecule has 0 atom stereocenters. The summed E-state index contributed by atoms with van der Waals surface area (Å²) in [5, 5.41) is 2.78. The van der Waals surface area contributed by atoms with E-state index in [1.54, 1.807) is 19.1 Å². The highest BCUT2D eigenvalue weighted by atomic mass is 32.1. The molecule has 1 amide bonds. The summed E-state index contributed by atoms with van der Waals surface area (Å²) in [6.07, 6.45) is 1.16. The number of halogens is 1. The van der Waals surface area contributed by atoms with E-state index < -0.39 is 0 Å². The van der Waals surface area contributed by atoms with E-state index in [-0.39, 0.29) is 11.7 Å². The highest BCUT2D eigenvalue weighted by molar-refractivity contribution is 7.80. The quantitative estimate of drug-likeness (QED) is 0.760. The van der Waals surface area contributed by atoms with E-state index in [9.17, 15) is 9.18 Å². The first-order valence-corrected chi connectivity index (χ1v) is 5.89. The number of rotatable bonds is 5. The minimum Gasteiger partial charge on any atom is -0.356 e. The van der Waals surface area contributed by atoms with E-state index in [4.69, 9.17) is 0 Å². The predicted octanol–water partition coefficient (Wildman–Crippen LogP) is 2.11. The van der Waals surface area contributed by atoms with Crippen molar-refractivity contribution in [2.45, 2.75) is 19.8 Å². The molecule has 0 aromatic heterocycles. The fourth-order valence-electron chi connectivity index (χ4n) is 1.40. The number of thiol groups is 1. The summed E-state index contributed by atoms with van der Waals surface area (Å²) in [6, 6.07) is 5.01. The maximum atomic E-state index is 13.0. The van der Waals surface area contributed by atoms with Crippen LogP contribution in [0.25, 0.3) is 0 Å². The first kappa shape index (κ1) is 13.0. The van der Waals surface area contributed by atoms with Gasteiger partial charge in [0.25, 0.3) is 0 Å². The highest BCUT2D eigenvalue weighted by Crippen LogP contribution is 2.09. The van der Waals surface area contributed by atoms with Gasteiger partial charge in [-0.15, -0.1) is 0 Å². The lowest BCUT2D eigenvalue weighted by atomic mass is 10.1. The number of amides is 1. The van der Waals surface area contributed by atoms with E-state index in [2.05, 4.69) is 17.9 Å². The van der Waals surface area contributed by atoms with Crippen molar-refractivity contribution in [1.82, 2.24) is 5.32 Å². The van der Waals surface area contributed by atoms with Crippen LogP contribution in [0.3, 0.4) is 0 Å². The maximum absolute atomic E-state index is 13.0. The molecule has 0 unspecified atom stereocenters. The fourth-order valence-corrected chi connectivity index (χ4v) is 1.60. The second kappa shape index (κ2) is 6.53. The standard InChI is InChI=1S/C12H16FNOS/c1-9-8-10(2-3-11(9)13)4-6-14-12(15)5-7-16/h2-3,8,16H,4-7H2,1H3,(H,14,15). The molecule has 1 rings (SSSR count). The van der Waals surface area contributed by atoms with Crippen LogP contribution in [0, 0.1) is 12.7 Å². The molecule has 0 saturated heterocycles. The Kier molecular flexibility index (Phi) is 5.32. The number of carbonyl (C=O) groups is 1. The van der Waals surface area contributed by atoms with Crippen LogP contribution in [-0.4, -0.2) is 18.2 Å². The van der Waals surface area contributed by atoms with Crippen molar-refractivity contribution >= 4 is 18.5 Å². The Morgan fingerprint density at radius 3 is 2.88 bits per heavy atom. The van der Waals surface area contributed by atoms with Crippen LogP contribution < -0.4 is 5.32 Å². The number of aryl methyl sites for hydroxylation is 1. The SMILES string of the molecule is Cc1cc(CCNC(=O)CCS)ccc1F. The fraction of sp³-hybridized carbons (Fsp3) is 0.417. The summed E-state index contributed by atoms with van der Waals surface area (Å²) in [7, 11) is 0. The van der Waals surface area contributed by atoms with Crippen molar-refractivity contribution in [2.75, 3.05) is 12.3 Å². The molecule has 0 fully saturated rings. The first-order valence-electron chi connectivity index (χ1n) is 5.26. The van der Waals surface area contributed by atoms with Gasteiger partial charge in [0.05, 0.1) is 0 Å². The number of nitrogens with one attached hydrogen (secondary N) is 1. The van der Waals surface area contributed by atoms with Crippen LogP contribution in [0.4, 0.5) is 4.39 Å². The lowest BCUT2D eigenvalue weighted by Crippen LogP contribution is -2.25. The number of carbonyl (C=O) groups excluding carboxylic acids is 1.